The van der Waals surface area contributed by atoms with E-state index in [0.29, 0.717) is 18.2 Å². The van der Waals surface area contributed by atoms with Crippen molar-refractivity contribution in [1.29, 1.82) is 0 Å². The summed E-state index contributed by atoms with van der Waals surface area (Å²) in [5.74, 6) is 0.542. The highest BCUT2D eigenvalue weighted by atomic mass is 35.6. The highest BCUT2D eigenvalue weighted by Crippen LogP contribution is 2.34. The molecule has 0 bridgehead atoms. The molecule has 2 aromatic rings. The number of hydrogen-bond donors (Lipinski definition) is 0. The Kier molecular flexibility index (Phi) is 14.4. The lowest BCUT2D eigenvalue weighted by atomic mass is 9.92. The quantitative estimate of drug-likeness (QED) is 0.184. The van der Waals surface area contributed by atoms with Crippen LogP contribution in [0.1, 0.15) is 77.4 Å². The van der Waals surface area contributed by atoms with Gasteiger partial charge < -0.3 is 9.47 Å². The van der Waals surface area contributed by atoms with E-state index in [4.69, 9.17) is 55.9 Å². The number of nitrogens with zero attached hydrogens (tertiary/aromatic N) is 3. The number of aromatic nitrogens is 3. The molecule has 0 radical (unpaired) electrons. The van der Waals surface area contributed by atoms with Gasteiger partial charge in [0.15, 0.2) is 0 Å². The van der Waals surface area contributed by atoms with Gasteiger partial charge in [-0.15, -0.1) is 11.6 Å². The predicted molar refractivity (Wildman–Crippen MR) is 154 cm³/mol. The smallest absolute Gasteiger partial charge is 0.313 e. The Balaban J connectivity index is 0.000000335. The molecule has 6 nitrogen and oxygen atoms in total. The monoisotopic (exact) mass is 593 g/mol. The van der Waals surface area contributed by atoms with Gasteiger partial charge in [-0.1, -0.05) is 75.8 Å². The first-order valence-electron chi connectivity index (χ1n) is 12.3. The van der Waals surface area contributed by atoms with Crippen molar-refractivity contribution in [3.8, 4) is 5.69 Å². The molecule has 0 saturated heterocycles. The van der Waals surface area contributed by atoms with Crippen LogP contribution in [0.15, 0.2) is 35.7 Å². The predicted octanol–water partition coefficient (Wildman–Crippen LogP) is 8.19. The highest BCUT2D eigenvalue weighted by Gasteiger charge is 2.25. The summed E-state index contributed by atoms with van der Waals surface area (Å²) in [4.78, 5) is 15.8. The number of pyridine rings is 1. The number of halogens is 4. The second kappa shape index (κ2) is 15.8. The SMILES string of the molecule is CCC.Cc1ccc(-n2nc(C(C)(C)C)cc2C)cn1.O=C(CC(OCCCl)=C1CC1)OCC(Cl)(Cl)Cl. The zero-order valence-electron chi connectivity index (χ0n) is 22.8. The van der Waals surface area contributed by atoms with Crippen LogP contribution in [0.3, 0.4) is 0 Å². The van der Waals surface area contributed by atoms with E-state index in [9.17, 15) is 4.79 Å². The van der Waals surface area contributed by atoms with Crippen molar-refractivity contribution in [2.45, 2.75) is 83.4 Å². The molecule has 0 unspecified atom stereocenters. The number of ether oxygens (including phenoxy) is 2. The lowest BCUT2D eigenvalue weighted by Crippen LogP contribution is -2.18. The summed E-state index contributed by atoms with van der Waals surface area (Å²) in [6, 6.07) is 6.20. The standard InChI is InChI=1S/C14H19N3.C10H12Cl4O3.C3H8/c1-10-6-7-12(9-15-10)17-11(2)8-13(16-17)14(3,4)5;11-3-4-16-8(7-1-2-7)5-9(15)17-6-10(12,13)14;1-3-2/h6-9H,1-5H3;1-6H2;3H2,1-2H3. The molecule has 208 valence electrons. The molecular formula is C27H39Cl4N3O3. The van der Waals surface area contributed by atoms with Crippen LogP contribution in [0.5, 0.6) is 0 Å². The van der Waals surface area contributed by atoms with Gasteiger partial charge in [0.25, 0.3) is 0 Å². The average molecular weight is 595 g/mol. The van der Waals surface area contributed by atoms with E-state index in [2.05, 4.69) is 63.8 Å². The minimum atomic E-state index is -1.58. The summed E-state index contributed by atoms with van der Waals surface area (Å²) in [5.41, 5.74) is 5.49. The van der Waals surface area contributed by atoms with Gasteiger partial charge in [-0.3, -0.25) is 9.78 Å². The lowest BCUT2D eigenvalue weighted by molar-refractivity contribution is -0.143. The number of esters is 1. The summed E-state index contributed by atoms with van der Waals surface area (Å²) in [6.45, 7) is 14.9. The maximum absolute atomic E-state index is 11.5. The van der Waals surface area contributed by atoms with Crippen molar-refractivity contribution in [1.82, 2.24) is 14.8 Å². The number of allylic oxidation sites excluding steroid dienone is 1. The van der Waals surface area contributed by atoms with Gasteiger partial charge in [-0.05, 0) is 50.5 Å². The van der Waals surface area contributed by atoms with Gasteiger partial charge in [-0.25, -0.2) is 4.68 Å². The molecule has 0 N–H and O–H groups in total. The second-order valence-electron chi connectivity index (χ2n) is 9.71. The van der Waals surface area contributed by atoms with Gasteiger partial charge in [0.05, 0.1) is 23.5 Å². The van der Waals surface area contributed by atoms with Crippen molar-refractivity contribution >= 4 is 52.4 Å². The second-order valence-corrected chi connectivity index (χ2v) is 12.6. The molecule has 1 aliphatic rings. The molecule has 0 aromatic carbocycles. The Morgan fingerprint density at radius 2 is 1.70 bits per heavy atom. The fourth-order valence-electron chi connectivity index (χ4n) is 2.81. The Bertz CT molecular complexity index is 1000. The summed E-state index contributed by atoms with van der Waals surface area (Å²) in [5, 5.41) is 4.66. The maximum Gasteiger partial charge on any atom is 0.313 e. The van der Waals surface area contributed by atoms with Crippen LogP contribution in [0.25, 0.3) is 5.69 Å². The molecule has 3 rings (SSSR count). The minimum Gasteiger partial charge on any atom is -0.496 e. The third-order valence-corrected chi connectivity index (χ3v) is 5.23. The number of carbonyl (C=O) groups is 1. The van der Waals surface area contributed by atoms with Crippen LogP contribution in [-0.2, 0) is 19.7 Å². The molecule has 1 fully saturated rings. The van der Waals surface area contributed by atoms with E-state index in [-0.39, 0.29) is 18.4 Å². The normalized spacial score (nSPS) is 12.6. The molecule has 10 heteroatoms. The van der Waals surface area contributed by atoms with Crippen LogP contribution >= 0.6 is 46.4 Å². The number of rotatable bonds is 7. The van der Waals surface area contributed by atoms with Gasteiger partial charge in [0.1, 0.15) is 25.4 Å². The summed E-state index contributed by atoms with van der Waals surface area (Å²) in [7, 11) is 0. The number of hydrogen-bond acceptors (Lipinski definition) is 5. The van der Waals surface area contributed by atoms with Gasteiger partial charge in [0, 0.05) is 16.8 Å². The van der Waals surface area contributed by atoms with Gasteiger partial charge in [-0.2, -0.15) is 5.10 Å². The van der Waals surface area contributed by atoms with Crippen LogP contribution in [0.4, 0.5) is 0 Å². The molecule has 0 amide bonds. The van der Waals surface area contributed by atoms with Crippen molar-refractivity contribution < 1.29 is 14.3 Å². The number of alkyl halides is 4. The Hall–Kier alpha value is -1.47. The van der Waals surface area contributed by atoms with Crippen LogP contribution < -0.4 is 0 Å². The largest absolute Gasteiger partial charge is 0.496 e. The third-order valence-electron chi connectivity index (χ3n) is 4.75. The molecule has 1 saturated carbocycles. The molecule has 0 atom stereocenters. The highest BCUT2D eigenvalue weighted by molar-refractivity contribution is 6.67. The summed E-state index contributed by atoms with van der Waals surface area (Å²) < 4.78 is 10.5. The van der Waals surface area contributed by atoms with Gasteiger partial charge in [0.2, 0.25) is 3.79 Å². The van der Waals surface area contributed by atoms with E-state index in [1.165, 1.54) is 6.42 Å². The van der Waals surface area contributed by atoms with Crippen LogP contribution in [0.2, 0.25) is 0 Å². The van der Waals surface area contributed by atoms with Crippen LogP contribution in [-0.4, -0.2) is 43.6 Å². The molecule has 2 aromatic heterocycles. The molecule has 0 aliphatic heterocycles. The Labute approximate surface area is 241 Å². The molecular weight excluding hydrogens is 556 g/mol. The van der Waals surface area contributed by atoms with Crippen molar-refractivity contribution in [2.75, 3.05) is 19.1 Å². The Morgan fingerprint density at radius 3 is 2.14 bits per heavy atom. The van der Waals surface area contributed by atoms with Gasteiger partial charge >= 0.3 is 5.97 Å². The first-order chi connectivity index (χ1) is 17.2. The number of carbonyl (C=O) groups excluding carboxylic acids is 1. The van der Waals surface area contributed by atoms with E-state index < -0.39 is 9.76 Å². The van der Waals surface area contributed by atoms with E-state index in [1.54, 1.807) is 0 Å². The molecule has 1 aliphatic carbocycles. The number of aryl methyl sites for hydroxylation is 2. The fraction of sp³-hybridized carbons (Fsp3) is 0.593. The summed E-state index contributed by atoms with van der Waals surface area (Å²) in [6.07, 6.45) is 5.08. The molecule has 0 spiro atoms. The minimum absolute atomic E-state index is 0.0625. The average Bonchev–Trinajstić information content (AvgIpc) is 3.57. The molecule has 37 heavy (non-hydrogen) atoms. The summed E-state index contributed by atoms with van der Waals surface area (Å²) >= 11 is 21.9. The van der Waals surface area contributed by atoms with E-state index >= 15 is 0 Å². The zero-order chi connectivity index (χ0) is 28.2. The Morgan fingerprint density at radius 1 is 1.08 bits per heavy atom. The first-order valence-corrected chi connectivity index (χ1v) is 14.0. The van der Waals surface area contributed by atoms with Crippen molar-refractivity contribution in [3.63, 3.8) is 0 Å². The lowest BCUT2D eigenvalue weighted by Gasteiger charge is -2.14. The van der Waals surface area contributed by atoms with Crippen LogP contribution in [0, 0.1) is 13.8 Å². The fourth-order valence-corrected chi connectivity index (χ4v) is 3.05. The third kappa shape index (κ3) is 13.8. The topological polar surface area (TPSA) is 66.2 Å². The van der Waals surface area contributed by atoms with Crippen molar-refractivity contribution in [2.24, 2.45) is 0 Å². The van der Waals surface area contributed by atoms with Crippen molar-refractivity contribution in [3.05, 3.63) is 52.8 Å². The zero-order valence-corrected chi connectivity index (χ0v) is 25.9. The first kappa shape index (κ1) is 33.6. The maximum atomic E-state index is 11.5. The van der Waals surface area contributed by atoms with E-state index in [0.717, 1.165) is 41.2 Å². The van der Waals surface area contributed by atoms with E-state index in [1.807, 2.05) is 23.9 Å². The molecule has 2 heterocycles.